The van der Waals surface area contributed by atoms with Crippen LogP contribution < -0.4 is 5.14 Å². The fraction of sp³-hybridized carbons (Fsp3) is 0.417. The second kappa shape index (κ2) is 7.28. The van der Waals surface area contributed by atoms with E-state index in [9.17, 15) is 13.2 Å². The molecule has 1 rings (SSSR count). The van der Waals surface area contributed by atoms with Crippen molar-refractivity contribution in [2.24, 2.45) is 5.14 Å². The van der Waals surface area contributed by atoms with Crippen LogP contribution in [0.2, 0.25) is 0 Å². The molecule has 1 aromatic rings. The highest BCUT2D eigenvalue weighted by Crippen LogP contribution is 2.25. The van der Waals surface area contributed by atoms with Gasteiger partial charge in [-0.2, -0.15) is 0 Å². The average Bonchev–Trinajstić information content (AvgIpc) is 2.37. The number of nitrogens with two attached hydrogens (primary N) is 1. The number of carbonyl (C=O) groups excluding carboxylic acids is 1. The molecule has 0 aliphatic carbocycles. The first-order chi connectivity index (χ1) is 8.90. The number of hydrogen-bond donors (Lipinski definition) is 1. The summed E-state index contributed by atoms with van der Waals surface area (Å²) in [5.41, 5.74) is 0.372. The molecule has 0 heterocycles. The molecule has 0 radical (unpaired) electrons. The number of carbonyl (C=O) groups is 1. The largest absolute Gasteiger partial charge is 0.294 e. The zero-order valence-electron chi connectivity index (χ0n) is 10.6. The Kier molecular flexibility index (Phi) is 6.32. The van der Waals surface area contributed by atoms with Crippen molar-refractivity contribution in [1.29, 1.82) is 0 Å². The molecule has 19 heavy (non-hydrogen) atoms. The van der Waals surface area contributed by atoms with Gasteiger partial charge >= 0.3 is 0 Å². The van der Waals surface area contributed by atoms with Gasteiger partial charge in [-0.15, -0.1) is 23.4 Å². The summed E-state index contributed by atoms with van der Waals surface area (Å²) in [6.07, 6.45) is 3.57. The smallest absolute Gasteiger partial charge is 0.239 e. The Morgan fingerprint density at radius 3 is 2.58 bits per heavy atom. The summed E-state index contributed by atoms with van der Waals surface area (Å²) >= 11 is 6.82. The maximum atomic E-state index is 11.9. The van der Waals surface area contributed by atoms with Gasteiger partial charge in [0.1, 0.15) is 0 Å². The molecular weight excluding hydrogens is 306 g/mol. The molecular formula is C12H16ClNO3S2. The minimum Gasteiger partial charge on any atom is -0.294 e. The van der Waals surface area contributed by atoms with Crippen molar-refractivity contribution in [3.8, 4) is 0 Å². The lowest BCUT2D eigenvalue weighted by molar-refractivity contribution is 0.0979. The molecule has 4 nitrogen and oxygen atoms in total. The molecule has 0 saturated heterocycles. The number of Topliss-reactive ketones (excluding diaryl/α,β-unsaturated/α-hetero) is 1. The SMILES string of the molecule is CSc1ccc(C(=O)CCCCCl)cc1S(N)(=O)=O. The molecule has 0 spiro atoms. The molecule has 2 N–H and O–H groups in total. The van der Waals surface area contributed by atoms with Gasteiger partial charge < -0.3 is 0 Å². The first kappa shape index (κ1) is 16.5. The first-order valence-electron chi connectivity index (χ1n) is 5.70. The maximum absolute atomic E-state index is 11.9. The van der Waals surface area contributed by atoms with Gasteiger partial charge in [0, 0.05) is 22.8 Å². The monoisotopic (exact) mass is 321 g/mol. The molecule has 0 aliphatic rings. The molecule has 0 bridgehead atoms. The molecule has 0 amide bonds. The Balaban J connectivity index is 3.02. The quantitative estimate of drug-likeness (QED) is 0.362. The van der Waals surface area contributed by atoms with Crippen LogP contribution in [0, 0.1) is 0 Å². The fourth-order valence-corrected chi connectivity index (χ4v) is 3.49. The standard InChI is InChI=1S/C12H16ClNO3S2/c1-18-11-6-5-9(8-12(11)19(14,16)17)10(15)4-2-3-7-13/h5-6,8H,2-4,7H2,1H3,(H2,14,16,17). The molecule has 0 aromatic heterocycles. The third kappa shape index (κ3) is 4.80. The Morgan fingerprint density at radius 2 is 2.05 bits per heavy atom. The molecule has 106 valence electrons. The summed E-state index contributed by atoms with van der Waals surface area (Å²) in [4.78, 5) is 12.5. The van der Waals surface area contributed by atoms with E-state index in [1.807, 2.05) is 0 Å². The van der Waals surface area contributed by atoms with Crippen LogP contribution in [0.3, 0.4) is 0 Å². The van der Waals surface area contributed by atoms with E-state index in [0.717, 1.165) is 6.42 Å². The highest BCUT2D eigenvalue weighted by atomic mass is 35.5. The number of rotatable bonds is 7. The summed E-state index contributed by atoms with van der Waals surface area (Å²) < 4.78 is 23.0. The van der Waals surface area contributed by atoms with Crippen molar-refractivity contribution < 1.29 is 13.2 Å². The van der Waals surface area contributed by atoms with Crippen molar-refractivity contribution in [1.82, 2.24) is 0 Å². The van der Waals surface area contributed by atoms with Crippen LogP contribution in [0.1, 0.15) is 29.6 Å². The number of ketones is 1. The summed E-state index contributed by atoms with van der Waals surface area (Å²) in [5.74, 6) is 0.420. The van der Waals surface area contributed by atoms with Gasteiger partial charge in [0.2, 0.25) is 10.0 Å². The van der Waals surface area contributed by atoms with Gasteiger partial charge in [-0.05, 0) is 31.2 Å². The molecule has 0 fully saturated rings. The second-order valence-electron chi connectivity index (χ2n) is 3.98. The molecule has 0 unspecified atom stereocenters. The topological polar surface area (TPSA) is 77.2 Å². The van der Waals surface area contributed by atoms with Crippen LogP contribution in [-0.2, 0) is 10.0 Å². The van der Waals surface area contributed by atoms with Crippen molar-refractivity contribution >= 4 is 39.2 Å². The lowest BCUT2D eigenvalue weighted by Crippen LogP contribution is -2.14. The number of primary sulfonamides is 1. The van der Waals surface area contributed by atoms with Crippen LogP contribution in [0.4, 0.5) is 0 Å². The van der Waals surface area contributed by atoms with Crippen LogP contribution in [0.25, 0.3) is 0 Å². The Bertz CT molecular complexity index is 558. The normalized spacial score (nSPS) is 11.5. The Morgan fingerprint density at radius 1 is 1.37 bits per heavy atom. The predicted octanol–water partition coefficient (Wildman–Crippen LogP) is 2.65. The highest BCUT2D eigenvalue weighted by Gasteiger charge is 2.16. The van der Waals surface area contributed by atoms with Gasteiger partial charge in [-0.3, -0.25) is 4.79 Å². The van der Waals surface area contributed by atoms with E-state index in [2.05, 4.69) is 0 Å². The third-order valence-corrected chi connectivity index (χ3v) is 4.72. The van der Waals surface area contributed by atoms with E-state index in [1.165, 1.54) is 17.8 Å². The number of hydrogen-bond acceptors (Lipinski definition) is 4. The van der Waals surface area contributed by atoms with Crippen LogP contribution in [-0.4, -0.2) is 26.3 Å². The van der Waals surface area contributed by atoms with Gasteiger partial charge in [-0.1, -0.05) is 6.07 Å². The fourth-order valence-electron chi connectivity index (χ4n) is 1.60. The second-order valence-corrected chi connectivity index (χ2v) is 6.74. The van der Waals surface area contributed by atoms with Gasteiger partial charge in [-0.25, -0.2) is 13.6 Å². The van der Waals surface area contributed by atoms with Crippen molar-refractivity contribution in [3.05, 3.63) is 23.8 Å². The lowest BCUT2D eigenvalue weighted by atomic mass is 10.1. The maximum Gasteiger partial charge on any atom is 0.239 e. The minimum absolute atomic E-state index is 0.00296. The number of halogens is 1. The number of sulfonamides is 1. The number of unbranched alkanes of at least 4 members (excludes halogenated alkanes) is 1. The molecule has 0 aliphatic heterocycles. The van der Waals surface area contributed by atoms with Crippen LogP contribution in [0.5, 0.6) is 0 Å². The zero-order chi connectivity index (χ0) is 14.5. The van der Waals surface area contributed by atoms with Crippen molar-refractivity contribution in [2.75, 3.05) is 12.1 Å². The van der Waals surface area contributed by atoms with Gasteiger partial charge in [0.05, 0.1) is 4.90 Å². The van der Waals surface area contributed by atoms with Crippen LogP contribution >= 0.6 is 23.4 Å². The van der Waals surface area contributed by atoms with Gasteiger partial charge in [0.25, 0.3) is 0 Å². The van der Waals surface area contributed by atoms with E-state index in [-0.39, 0.29) is 10.7 Å². The van der Waals surface area contributed by atoms with E-state index in [4.69, 9.17) is 16.7 Å². The van der Waals surface area contributed by atoms with Gasteiger partial charge in [0.15, 0.2) is 5.78 Å². The minimum atomic E-state index is -3.82. The summed E-state index contributed by atoms with van der Waals surface area (Å²) in [6, 6.07) is 4.59. The van der Waals surface area contributed by atoms with Crippen LogP contribution in [0.15, 0.2) is 28.0 Å². The Hall–Kier alpha value is -0.560. The van der Waals surface area contributed by atoms with E-state index < -0.39 is 10.0 Å². The molecule has 0 saturated carbocycles. The number of thioether (sulfide) groups is 1. The number of benzene rings is 1. The predicted molar refractivity (Wildman–Crippen MR) is 78.5 cm³/mol. The number of alkyl halides is 1. The average molecular weight is 322 g/mol. The van der Waals surface area contributed by atoms with E-state index >= 15 is 0 Å². The summed E-state index contributed by atoms with van der Waals surface area (Å²) in [6.45, 7) is 0. The van der Waals surface area contributed by atoms with Crippen molar-refractivity contribution in [2.45, 2.75) is 29.1 Å². The summed E-state index contributed by atoms with van der Waals surface area (Å²) in [7, 11) is -3.82. The molecule has 0 atom stereocenters. The molecule has 7 heteroatoms. The van der Waals surface area contributed by atoms with E-state index in [1.54, 1.807) is 18.4 Å². The molecule has 1 aromatic carbocycles. The van der Waals surface area contributed by atoms with Crippen molar-refractivity contribution in [3.63, 3.8) is 0 Å². The first-order valence-corrected chi connectivity index (χ1v) is 9.00. The summed E-state index contributed by atoms with van der Waals surface area (Å²) in [5, 5.41) is 5.15. The highest BCUT2D eigenvalue weighted by molar-refractivity contribution is 7.99. The Labute approximate surface area is 122 Å². The van der Waals surface area contributed by atoms with E-state index in [0.29, 0.717) is 29.2 Å². The lowest BCUT2D eigenvalue weighted by Gasteiger charge is -2.07. The zero-order valence-corrected chi connectivity index (χ0v) is 12.9. The third-order valence-electron chi connectivity index (χ3n) is 2.58.